The summed E-state index contributed by atoms with van der Waals surface area (Å²) >= 11 is 0. The van der Waals surface area contributed by atoms with Gasteiger partial charge in [0, 0.05) is 0 Å². The molecule has 48 valence electrons. The minimum Gasteiger partial charge on any atom is -0.330 e. The van der Waals surface area contributed by atoms with Gasteiger partial charge in [-0.25, -0.2) is 0 Å². The molecule has 0 aliphatic rings. The third-order valence-electron chi connectivity index (χ3n) is 0.289. The summed E-state index contributed by atoms with van der Waals surface area (Å²) in [5.41, 5.74) is 5.03. The van der Waals surface area contributed by atoms with Gasteiger partial charge in [-0.1, -0.05) is 28.2 Å². The van der Waals surface area contributed by atoms with Crippen LogP contribution in [0, 0.1) is 0 Å². The van der Waals surface area contributed by atoms with E-state index in [1.54, 1.807) is 0 Å². The number of hydrogen-bond donors (Lipinski definition) is 1. The summed E-state index contributed by atoms with van der Waals surface area (Å²) in [5, 5.41) is 0. The summed E-state index contributed by atoms with van der Waals surface area (Å²) in [5.74, 6) is 0. The molecular formula is C6H19N. The highest BCUT2D eigenvalue weighted by Gasteiger charge is 1.55. The number of rotatable bonds is 1. The zero-order valence-corrected chi connectivity index (χ0v) is 4.99. The Bertz CT molecular complexity index is 6.14. The zero-order chi connectivity index (χ0) is 5.41. The van der Waals surface area contributed by atoms with Crippen molar-refractivity contribution in [3.8, 4) is 0 Å². The van der Waals surface area contributed by atoms with E-state index in [1.165, 1.54) is 0 Å². The van der Waals surface area contributed by atoms with Gasteiger partial charge in [0.05, 0.1) is 0 Å². The fourth-order valence-corrected chi connectivity index (χ4v) is 0. The van der Waals surface area contributed by atoms with E-state index in [9.17, 15) is 0 Å². The molecule has 1 nitrogen and oxygen atoms in total. The monoisotopic (exact) mass is 105 g/mol. The molecule has 0 bridgehead atoms. The van der Waals surface area contributed by atoms with Crippen LogP contribution in [0.2, 0.25) is 0 Å². The SMILES string of the molecule is C.CC.CCCN. The lowest BCUT2D eigenvalue weighted by Crippen LogP contribution is -1.93. The topological polar surface area (TPSA) is 26.0 Å². The van der Waals surface area contributed by atoms with Crippen molar-refractivity contribution in [2.75, 3.05) is 6.54 Å². The lowest BCUT2D eigenvalue weighted by molar-refractivity contribution is 0.932. The molecule has 0 aromatic rings. The molecule has 0 radical (unpaired) electrons. The van der Waals surface area contributed by atoms with E-state index < -0.39 is 0 Å². The van der Waals surface area contributed by atoms with E-state index in [2.05, 4.69) is 6.92 Å². The van der Waals surface area contributed by atoms with Crippen molar-refractivity contribution in [3.63, 3.8) is 0 Å². The smallest absolute Gasteiger partial charge is 0.00799 e. The van der Waals surface area contributed by atoms with Crippen molar-refractivity contribution in [1.29, 1.82) is 0 Å². The van der Waals surface area contributed by atoms with Crippen LogP contribution in [0.1, 0.15) is 34.6 Å². The lowest BCUT2D eigenvalue weighted by Gasteiger charge is -1.70. The van der Waals surface area contributed by atoms with Gasteiger partial charge in [-0.05, 0) is 13.0 Å². The van der Waals surface area contributed by atoms with Gasteiger partial charge in [-0.2, -0.15) is 0 Å². The normalized spacial score (nSPS) is 5.14. The highest BCUT2D eigenvalue weighted by Crippen LogP contribution is 1.57. The molecule has 0 fully saturated rings. The molecule has 0 atom stereocenters. The van der Waals surface area contributed by atoms with E-state index >= 15 is 0 Å². The Labute approximate surface area is 47.9 Å². The molecular weight excluding hydrogens is 86.1 g/mol. The van der Waals surface area contributed by atoms with Crippen LogP contribution in [0.5, 0.6) is 0 Å². The molecule has 0 aliphatic carbocycles. The molecule has 0 aliphatic heterocycles. The first-order valence-electron chi connectivity index (χ1n) is 2.62. The number of hydrogen-bond acceptors (Lipinski definition) is 1. The largest absolute Gasteiger partial charge is 0.330 e. The summed E-state index contributed by atoms with van der Waals surface area (Å²) in [6.45, 7) is 6.88. The molecule has 7 heavy (non-hydrogen) atoms. The molecule has 0 spiro atoms. The van der Waals surface area contributed by atoms with Gasteiger partial charge in [-0.3, -0.25) is 0 Å². The maximum absolute atomic E-state index is 5.03. The maximum atomic E-state index is 5.03. The first kappa shape index (κ1) is 15.8. The highest BCUT2D eigenvalue weighted by molar-refractivity contribution is 4.19. The van der Waals surface area contributed by atoms with Crippen LogP contribution < -0.4 is 5.73 Å². The minimum absolute atomic E-state index is 0. The molecule has 0 rings (SSSR count). The summed E-state index contributed by atoms with van der Waals surface area (Å²) in [4.78, 5) is 0. The lowest BCUT2D eigenvalue weighted by atomic mass is 10.5. The van der Waals surface area contributed by atoms with Crippen molar-refractivity contribution in [1.82, 2.24) is 0 Å². The fraction of sp³-hybridized carbons (Fsp3) is 1.00. The summed E-state index contributed by atoms with van der Waals surface area (Å²) < 4.78 is 0. The molecule has 0 unspecified atom stereocenters. The van der Waals surface area contributed by atoms with Gasteiger partial charge >= 0.3 is 0 Å². The van der Waals surface area contributed by atoms with E-state index in [-0.39, 0.29) is 7.43 Å². The van der Waals surface area contributed by atoms with Gasteiger partial charge in [0.1, 0.15) is 0 Å². The van der Waals surface area contributed by atoms with Crippen LogP contribution in [0.25, 0.3) is 0 Å². The first-order chi connectivity index (χ1) is 2.91. The third kappa shape index (κ3) is 101. The van der Waals surface area contributed by atoms with Crippen LogP contribution in [0.15, 0.2) is 0 Å². The Morgan fingerprint density at radius 1 is 1.29 bits per heavy atom. The number of nitrogens with two attached hydrogens (primary N) is 1. The average molecular weight is 105 g/mol. The summed E-state index contributed by atoms with van der Waals surface area (Å²) in [6.07, 6.45) is 1.10. The molecule has 0 saturated carbocycles. The first-order valence-corrected chi connectivity index (χ1v) is 2.62. The van der Waals surface area contributed by atoms with Crippen LogP contribution in [0.4, 0.5) is 0 Å². The quantitative estimate of drug-likeness (QED) is 0.542. The fourth-order valence-electron chi connectivity index (χ4n) is 0. The Morgan fingerprint density at radius 2 is 1.43 bits per heavy atom. The predicted octanol–water partition coefficient (Wildman–Crippen LogP) is 2.02. The molecule has 0 heterocycles. The second-order valence-electron chi connectivity index (χ2n) is 0.789. The standard InChI is InChI=1S/C3H9N.C2H6.CH4/c1-2-3-4;1-2;/h2-4H2,1H3;1-2H3;1H4. The summed E-state index contributed by atoms with van der Waals surface area (Å²) in [7, 11) is 0. The second kappa shape index (κ2) is 38.2. The molecule has 0 saturated heterocycles. The Kier molecular flexibility index (Phi) is 86.0. The minimum atomic E-state index is 0. The van der Waals surface area contributed by atoms with Crippen molar-refractivity contribution < 1.29 is 0 Å². The van der Waals surface area contributed by atoms with Crippen molar-refractivity contribution in [2.24, 2.45) is 5.73 Å². The maximum Gasteiger partial charge on any atom is -0.00799 e. The van der Waals surface area contributed by atoms with Crippen molar-refractivity contribution in [3.05, 3.63) is 0 Å². The Morgan fingerprint density at radius 3 is 1.43 bits per heavy atom. The molecule has 0 aromatic heterocycles. The Hall–Kier alpha value is -0.0400. The molecule has 2 N–H and O–H groups in total. The van der Waals surface area contributed by atoms with Gasteiger partial charge in [0.25, 0.3) is 0 Å². The van der Waals surface area contributed by atoms with Gasteiger partial charge in [0.2, 0.25) is 0 Å². The van der Waals surface area contributed by atoms with Gasteiger partial charge in [0.15, 0.2) is 0 Å². The van der Waals surface area contributed by atoms with Gasteiger partial charge in [-0.15, -0.1) is 0 Å². The average Bonchev–Trinajstić information content (AvgIpc) is 1.72. The Balaban J connectivity index is -0.0000000480. The van der Waals surface area contributed by atoms with Crippen LogP contribution in [-0.2, 0) is 0 Å². The third-order valence-corrected chi connectivity index (χ3v) is 0.289. The van der Waals surface area contributed by atoms with Crippen LogP contribution in [0.3, 0.4) is 0 Å². The molecule has 0 amide bonds. The van der Waals surface area contributed by atoms with Gasteiger partial charge < -0.3 is 5.73 Å². The predicted molar refractivity (Wildman–Crippen MR) is 37.4 cm³/mol. The van der Waals surface area contributed by atoms with Crippen molar-refractivity contribution >= 4 is 0 Å². The zero-order valence-electron chi connectivity index (χ0n) is 4.99. The van der Waals surface area contributed by atoms with E-state index in [0.717, 1.165) is 13.0 Å². The van der Waals surface area contributed by atoms with E-state index in [4.69, 9.17) is 5.73 Å². The summed E-state index contributed by atoms with van der Waals surface area (Å²) in [6, 6.07) is 0. The van der Waals surface area contributed by atoms with Crippen LogP contribution >= 0.6 is 0 Å². The van der Waals surface area contributed by atoms with E-state index in [0.29, 0.717) is 0 Å². The molecule has 1 heteroatoms. The van der Waals surface area contributed by atoms with Crippen LogP contribution in [-0.4, -0.2) is 6.54 Å². The second-order valence-corrected chi connectivity index (χ2v) is 0.789. The highest BCUT2D eigenvalue weighted by atomic mass is 14.5. The van der Waals surface area contributed by atoms with Crippen molar-refractivity contribution in [2.45, 2.75) is 34.6 Å². The van der Waals surface area contributed by atoms with E-state index in [1.807, 2.05) is 13.8 Å². The molecule has 0 aromatic carbocycles.